The van der Waals surface area contributed by atoms with Gasteiger partial charge in [-0.05, 0) is 39.5 Å². The Morgan fingerprint density at radius 3 is 2.60 bits per heavy atom. The average Bonchev–Trinajstić information content (AvgIpc) is 2.39. The number of aliphatic carboxylic acids is 1. The quantitative estimate of drug-likeness (QED) is 0.832. The number of hydrogen-bond donors (Lipinski definition) is 2. The van der Waals surface area contributed by atoms with Crippen molar-refractivity contribution in [3.63, 3.8) is 0 Å². The summed E-state index contributed by atoms with van der Waals surface area (Å²) in [7, 11) is 0. The summed E-state index contributed by atoms with van der Waals surface area (Å²) in [6.07, 6.45) is 0.665. The molecule has 1 aromatic carbocycles. The summed E-state index contributed by atoms with van der Waals surface area (Å²) in [4.78, 5) is 23.0. The maximum Gasteiger partial charge on any atom is 0.326 e. The molecule has 0 radical (unpaired) electrons. The number of benzene rings is 1. The van der Waals surface area contributed by atoms with Crippen molar-refractivity contribution in [1.29, 1.82) is 0 Å². The van der Waals surface area contributed by atoms with Gasteiger partial charge >= 0.3 is 5.97 Å². The highest BCUT2D eigenvalue weighted by atomic mass is 79.9. The number of hydrogen-bond acceptors (Lipinski definition) is 2. The second kappa shape index (κ2) is 7.38. The molecule has 0 aliphatic carbocycles. The van der Waals surface area contributed by atoms with Gasteiger partial charge in [-0.25, -0.2) is 9.18 Å². The molecule has 0 saturated heterocycles. The maximum absolute atomic E-state index is 13.1. The number of rotatable bonds is 6. The van der Waals surface area contributed by atoms with E-state index in [1.165, 1.54) is 18.2 Å². The Bertz CT molecular complexity index is 507. The predicted molar refractivity (Wildman–Crippen MR) is 76.8 cm³/mol. The van der Waals surface area contributed by atoms with Crippen LogP contribution in [-0.2, 0) is 16.0 Å². The smallest absolute Gasteiger partial charge is 0.326 e. The monoisotopic (exact) mass is 345 g/mol. The normalized spacial score (nSPS) is 13.6. The van der Waals surface area contributed by atoms with Crippen LogP contribution in [0.1, 0.15) is 25.8 Å². The van der Waals surface area contributed by atoms with Crippen molar-refractivity contribution in [2.75, 3.05) is 0 Å². The van der Waals surface area contributed by atoms with E-state index in [0.717, 1.165) is 0 Å². The molecule has 1 aromatic rings. The molecule has 20 heavy (non-hydrogen) atoms. The molecule has 0 spiro atoms. The van der Waals surface area contributed by atoms with Crippen molar-refractivity contribution in [2.45, 2.75) is 32.7 Å². The number of carbonyl (C=O) groups excluding carboxylic acids is 1. The molecule has 2 N–H and O–H groups in total. The second-order valence-electron chi connectivity index (χ2n) is 4.69. The molecular formula is C14H17BrFNO3. The van der Waals surface area contributed by atoms with Gasteiger partial charge in [0, 0.05) is 0 Å². The van der Waals surface area contributed by atoms with Gasteiger partial charge < -0.3 is 10.4 Å². The molecule has 0 heterocycles. The summed E-state index contributed by atoms with van der Waals surface area (Å²) in [6, 6.07) is 3.36. The summed E-state index contributed by atoms with van der Waals surface area (Å²) in [6.45, 7) is 3.64. The molecule has 0 aromatic heterocycles. The zero-order valence-corrected chi connectivity index (χ0v) is 12.9. The molecule has 0 aliphatic heterocycles. The van der Waals surface area contributed by atoms with Gasteiger partial charge in [-0.3, -0.25) is 4.79 Å². The Balaban J connectivity index is 2.70. The lowest BCUT2D eigenvalue weighted by molar-refractivity contribution is -0.143. The summed E-state index contributed by atoms with van der Waals surface area (Å²) >= 11 is 3.04. The Morgan fingerprint density at radius 1 is 1.45 bits per heavy atom. The highest BCUT2D eigenvalue weighted by molar-refractivity contribution is 9.10. The second-order valence-corrected chi connectivity index (χ2v) is 5.55. The molecular weight excluding hydrogens is 329 g/mol. The van der Waals surface area contributed by atoms with Crippen LogP contribution in [0.4, 0.5) is 4.39 Å². The van der Waals surface area contributed by atoms with Crippen molar-refractivity contribution < 1.29 is 19.1 Å². The molecule has 2 unspecified atom stereocenters. The van der Waals surface area contributed by atoms with Gasteiger partial charge in [0.2, 0.25) is 5.91 Å². The van der Waals surface area contributed by atoms with Crippen LogP contribution in [-0.4, -0.2) is 23.0 Å². The number of carbonyl (C=O) groups is 2. The minimum Gasteiger partial charge on any atom is -0.480 e. The zero-order valence-electron chi connectivity index (χ0n) is 11.3. The Kier molecular flexibility index (Phi) is 6.13. The van der Waals surface area contributed by atoms with E-state index in [2.05, 4.69) is 21.2 Å². The molecule has 0 saturated carbocycles. The molecule has 1 amide bonds. The summed E-state index contributed by atoms with van der Waals surface area (Å²) in [5.41, 5.74) is 0.615. The van der Waals surface area contributed by atoms with E-state index in [1.807, 2.05) is 6.92 Å². The van der Waals surface area contributed by atoms with E-state index in [4.69, 9.17) is 5.11 Å². The summed E-state index contributed by atoms with van der Waals surface area (Å²) < 4.78 is 13.4. The average molecular weight is 346 g/mol. The Labute approximate surface area is 125 Å². The van der Waals surface area contributed by atoms with E-state index < -0.39 is 23.7 Å². The topological polar surface area (TPSA) is 66.4 Å². The van der Waals surface area contributed by atoms with Crippen LogP contribution in [0.5, 0.6) is 0 Å². The molecule has 0 aliphatic rings. The van der Waals surface area contributed by atoms with Crippen LogP contribution >= 0.6 is 15.9 Å². The van der Waals surface area contributed by atoms with Crippen molar-refractivity contribution in [2.24, 2.45) is 5.92 Å². The van der Waals surface area contributed by atoms with Gasteiger partial charge in [-0.2, -0.15) is 0 Å². The van der Waals surface area contributed by atoms with Crippen molar-refractivity contribution in [1.82, 2.24) is 5.32 Å². The van der Waals surface area contributed by atoms with E-state index in [1.54, 1.807) is 6.92 Å². The van der Waals surface area contributed by atoms with Gasteiger partial charge in [0.15, 0.2) is 0 Å². The van der Waals surface area contributed by atoms with Crippen LogP contribution in [0, 0.1) is 11.7 Å². The van der Waals surface area contributed by atoms with E-state index >= 15 is 0 Å². The fourth-order valence-corrected chi connectivity index (χ4v) is 2.17. The fraction of sp³-hybridized carbons (Fsp3) is 0.429. The molecule has 2 atom stereocenters. The fourth-order valence-electron chi connectivity index (χ4n) is 1.74. The third kappa shape index (κ3) is 4.59. The summed E-state index contributed by atoms with van der Waals surface area (Å²) in [5.74, 6) is -2.00. The SMILES string of the molecule is CCC(C)C(NC(=O)Cc1ccc(F)c(Br)c1)C(=O)O. The predicted octanol–water partition coefficient (Wildman–Crippen LogP) is 2.75. The van der Waals surface area contributed by atoms with Gasteiger partial charge in [0.1, 0.15) is 11.9 Å². The highest BCUT2D eigenvalue weighted by Gasteiger charge is 2.25. The lowest BCUT2D eigenvalue weighted by Gasteiger charge is -2.20. The Morgan fingerprint density at radius 2 is 2.10 bits per heavy atom. The number of amides is 1. The van der Waals surface area contributed by atoms with Crippen LogP contribution in [0.25, 0.3) is 0 Å². The van der Waals surface area contributed by atoms with Crippen molar-refractivity contribution in [3.05, 3.63) is 34.1 Å². The first kappa shape index (κ1) is 16.6. The molecule has 0 fully saturated rings. The molecule has 1 rings (SSSR count). The standard InChI is InChI=1S/C14H17BrFNO3/c1-3-8(2)13(14(19)20)17-12(18)7-9-4-5-11(16)10(15)6-9/h4-6,8,13H,3,7H2,1-2H3,(H,17,18)(H,19,20). The largest absolute Gasteiger partial charge is 0.480 e. The molecule has 6 heteroatoms. The lowest BCUT2D eigenvalue weighted by Crippen LogP contribution is -2.45. The van der Waals surface area contributed by atoms with Crippen LogP contribution in [0.15, 0.2) is 22.7 Å². The molecule has 4 nitrogen and oxygen atoms in total. The van der Waals surface area contributed by atoms with E-state index in [0.29, 0.717) is 12.0 Å². The lowest BCUT2D eigenvalue weighted by atomic mass is 9.99. The first-order valence-corrected chi connectivity index (χ1v) is 7.10. The number of halogens is 2. The number of carboxylic acid groups (broad SMARTS) is 1. The van der Waals surface area contributed by atoms with Gasteiger partial charge in [0.05, 0.1) is 10.9 Å². The maximum atomic E-state index is 13.1. The zero-order chi connectivity index (χ0) is 15.3. The first-order valence-electron chi connectivity index (χ1n) is 6.31. The van der Waals surface area contributed by atoms with Crippen molar-refractivity contribution >= 4 is 27.8 Å². The van der Waals surface area contributed by atoms with Crippen molar-refractivity contribution in [3.8, 4) is 0 Å². The van der Waals surface area contributed by atoms with E-state index in [-0.39, 0.29) is 16.8 Å². The highest BCUT2D eigenvalue weighted by Crippen LogP contribution is 2.17. The van der Waals surface area contributed by atoms with Gasteiger partial charge in [-0.1, -0.05) is 26.3 Å². The van der Waals surface area contributed by atoms with Crippen LogP contribution in [0.3, 0.4) is 0 Å². The van der Waals surface area contributed by atoms with Gasteiger partial charge in [-0.15, -0.1) is 0 Å². The first-order chi connectivity index (χ1) is 9.35. The number of nitrogens with one attached hydrogen (secondary N) is 1. The number of carboxylic acids is 1. The third-order valence-electron chi connectivity index (χ3n) is 3.14. The molecule has 0 bridgehead atoms. The van der Waals surface area contributed by atoms with Crippen LogP contribution < -0.4 is 5.32 Å². The van der Waals surface area contributed by atoms with Gasteiger partial charge in [0.25, 0.3) is 0 Å². The van der Waals surface area contributed by atoms with Crippen LogP contribution in [0.2, 0.25) is 0 Å². The minimum absolute atomic E-state index is 0.0130. The Hall–Kier alpha value is -1.43. The third-order valence-corrected chi connectivity index (χ3v) is 3.75. The molecule has 110 valence electrons. The van der Waals surface area contributed by atoms with E-state index in [9.17, 15) is 14.0 Å². The minimum atomic E-state index is -1.05. The summed E-state index contributed by atoms with van der Waals surface area (Å²) in [5, 5.41) is 11.6.